The molecule has 0 unspecified atom stereocenters. The van der Waals surface area contributed by atoms with Crippen molar-refractivity contribution in [2.45, 2.75) is 129 Å². The topological polar surface area (TPSA) is 279 Å². The number of aromatic nitrogens is 4. The normalized spacial score (nSPS) is 19.7. The Morgan fingerprint density at radius 1 is 0.609 bits per heavy atom. The first kappa shape index (κ1) is 49.6. The number of aryl methyl sites for hydroxylation is 2. The fourth-order valence-corrected chi connectivity index (χ4v) is 9.49. The van der Waals surface area contributed by atoms with Crippen molar-refractivity contribution in [1.82, 2.24) is 41.4 Å². The molecule has 2 saturated heterocycles. The second kappa shape index (κ2) is 24.6. The second-order valence-electron chi connectivity index (χ2n) is 17.3. The van der Waals surface area contributed by atoms with E-state index in [1.807, 2.05) is 9.80 Å². The first-order valence-electron chi connectivity index (χ1n) is 22.7. The van der Waals surface area contributed by atoms with Crippen LogP contribution in [-0.2, 0) is 9.59 Å². The second-order valence-corrected chi connectivity index (χ2v) is 17.3. The molecule has 20 nitrogen and oxygen atoms in total. The lowest BCUT2D eigenvalue weighted by atomic mass is 9.92. The predicted octanol–water partition coefficient (Wildman–Crippen LogP) is 4.37. The van der Waals surface area contributed by atoms with E-state index in [-0.39, 0.29) is 61.7 Å². The molecule has 4 aliphatic rings. The summed E-state index contributed by atoms with van der Waals surface area (Å²) in [6.07, 6.45) is 11.9. The number of carbonyl (C=O) groups excluding carboxylic acids is 2. The van der Waals surface area contributed by atoms with Crippen LogP contribution < -0.4 is 42.1 Å². The molecule has 0 radical (unpaired) electrons. The summed E-state index contributed by atoms with van der Waals surface area (Å²) in [5.41, 5.74) is 10.2. The van der Waals surface area contributed by atoms with Crippen LogP contribution in [0.25, 0.3) is 0 Å². The van der Waals surface area contributed by atoms with Gasteiger partial charge in [0.05, 0.1) is 11.8 Å². The van der Waals surface area contributed by atoms with Crippen LogP contribution in [-0.4, -0.2) is 116 Å². The van der Waals surface area contributed by atoms with Crippen molar-refractivity contribution >= 4 is 47.3 Å². The smallest absolute Gasteiger partial charge is 0.404 e. The molecule has 4 fully saturated rings. The maximum atomic E-state index is 15.2. The molecule has 2 aromatic heterocycles. The van der Waals surface area contributed by atoms with Crippen LogP contribution in [0.4, 0.5) is 41.6 Å². The first-order valence-corrected chi connectivity index (χ1v) is 22.7. The Morgan fingerprint density at radius 2 is 0.984 bits per heavy atom. The van der Waals surface area contributed by atoms with Gasteiger partial charge in [0.2, 0.25) is 23.4 Å². The Balaban J connectivity index is 0.000000241. The third kappa shape index (κ3) is 14.3. The number of anilines is 4. The van der Waals surface area contributed by atoms with Crippen LogP contribution in [0, 0.1) is 49.2 Å². The van der Waals surface area contributed by atoms with Crippen LogP contribution >= 0.6 is 0 Å². The quantitative estimate of drug-likeness (QED) is 0.0827. The van der Waals surface area contributed by atoms with E-state index in [1.165, 1.54) is 0 Å². The molecule has 0 spiro atoms. The number of rotatable bonds is 20. The van der Waals surface area contributed by atoms with Crippen molar-refractivity contribution < 1.29 is 48.4 Å². The zero-order chi connectivity index (χ0) is 46.2. The van der Waals surface area contributed by atoms with E-state index < -0.39 is 47.5 Å². The highest BCUT2D eigenvalue weighted by atomic mass is 19.1. The number of halogens is 2. The van der Waals surface area contributed by atoms with E-state index in [4.69, 9.17) is 10.2 Å². The third-order valence-corrected chi connectivity index (χ3v) is 12.6. The molecular weight excluding hydrogens is 839 g/mol. The molecule has 0 bridgehead atoms. The molecule has 356 valence electrons. The molecule has 10 N–H and O–H groups in total. The molecule has 6 rings (SSSR count). The maximum Gasteiger partial charge on any atom is 0.404 e. The number of carboxylic acid groups (broad SMARTS) is 2. The highest BCUT2D eigenvalue weighted by molar-refractivity contribution is 5.81. The van der Waals surface area contributed by atoms with Gasteiger partial charge in [0.1, 0.15) is 11.6 Å². The van der Waals surface area contributed by atoms with Gasteiger partial charge in [0.15, 0.2) is 23.3 Å². The van der Waals surface area contributed by atoms with Gasteiger partial charge < -0.3 is 40.9 Å². The molecule has 22 heteroatoms. The zero-order valence-corrected chi connectivity index (χ0v) is 36.9. The van der Waals surface area contributed by atoms with Gasteiger partial charge in [0.25, 0.3) is 0 Å². The summed E-state index contributed by atoms with van der Waals surface area (Å²) in [6, 6.07) is 0.00764. The lowest BCUT2D eigenvalue weighted by Gasteiger charge is -2.26. The molecule has 0 aromatic carbocycles. The fraction of sp³-hybridized carbons (Fsp3) is 0.714. The highest BCUT2D eigenvalue weighted by Gasteiger charge is 2.32. The summed E-state index contributed by atoms with van der Waals surface area (Å²) in [6.45, 7) is 4.57. The number of nitrogens with zero attached hydrogens (tertiary/aromatic N) is 6. The minimum atomic E-state index is -1.19. The fourth-order valence-electron chi connectivity index (χ4n) is 9.49. The van der Waals surface area contributed by atoms with Crippen molar-refractivity contribution in [1.29, 1.82) is 0 Å². The average molecular weight is 905 g/mol. The van der Waals surface area contributed by atoms with Crippen molar-refractivity contribution in [2.75, 3.05) is 60.0 Å². The minimum Gasteiger partial charge on any atom is -0.465 e. The number of hydrazine groups is 2. The van der Waals surface area contributed by atoms with Crippen LogP contribution in [0.5, 0.6) is 0 Å². The zero-order valence-electron chi connectivity index (χ0n) is 36.9. The van der Waals surface area contributed by atoms with E-state index in [1.54, 1.807) is 13.8 Å². The Labute approximate surface area is 372 Å². The van der Waals surface area contributed by atoms with Crippen molar-refractivity contribution in [3.8, 4) is 0 Å². The summed E-state index contributed by atoms with van der Waals surface area (Å²) in [4.78, 5) is 67.8. The standard InChI is InChI=1S/2C21H33FN6O4/c2*1-13-24-18(17(22)19(25-13)28-9-4-7-16(28)8-10-29)26-27-20(30)15(12-23-21(31)32)11-14-5-2-3-6-14/h2*14-16,23,29H,2-12H2,1H3,(H,27,30)(H,31,32)(H,24,25,26)/t2*15-,16+/m11/s1. The summed E-state index contributed by atoms with van der Waals surface area (Å²) < 4.78 is 30.4. The van der Waals surface area contributed by atoms with E-state index in [2.05, 4.69) is 52.3 Å². The average Bonchev–Trinajstić information content (AvgIpc) is 4.12. The number of aliphatic hydroxyl groups excluding tert-OH is 2. The Kier molecular flexibility index (Phi) is 19.1. The number of hydrogen-bond acceptors (Lipinski definition) is 14. The Morgan fingerprint density at radius 3 is 1.33 bits per heavy atom. The van der Waals surface area contributed by atoms with E-state index in [0.29, 0.717) is 62.3 Å². The largest absolute Gasteiger partial charge is 0.465 e. The number of amides is 4. The molecule has 2 saturated carbocycles. The number of carbonyl (C=O) groups is 4. The summed E-state index contributed by atoms with van der Waals surface area (Å²) in [5.74, 6) is -1.82. The van der Waals surface area contributed by atoms with Gasteiger partial charge in [-0.25, -0.2) is 29.5 Å². The summed E-state index contributed by atoms with van der Waals surface area (Å²) >= 11 is 0. The van der Waals surface area contributed by atoms with Gasteiger partial charge in [-0.2, -0.15) is 8.78 Å². The van der Waals surface area contributed by atoms with Gasteiger partial charge in [-0.3, -0.25) is 31.3 Å². The van der Waals surface area contributed by atoms with Gasteiger partial charge in [-0.1, -0.05) is 51.4 Å². The van der Waals surface area contributed by atoms with Gasteiger partial charge in [0, 0.05) is 51.5 Å². The molecule has 2 aliphatic carbocycles. The van der Waals surface area contributed by atoms with Crippen LogP contribution in [0.2, 0.25) is 0 Å². The van der Waals surface area contributed by atoms with Gasteiger partial charge >= 0.3 is 12.2 Å². The predicted molar refractivity (Wildman–Crippen MR) is 233 cm³/mol. The molecule has 4 amide bonds. The van der Waals surface area contributed by atoms with Crippen molar-refractivity contribution in [3.63, 3.8) is 0 Å². The summed E-state index contributed by atoms with van der Waals surface area (Å²) in [7, 11) is 0. The number of nitrogens with one attached hydrogen (secondary N) is 6. The van der Waals surface area contributed by atoms with E-state index in [9.17, 15) is 29.4 Å². The van der Waals surface area contributed by atoms with Gasteiger partial charge in [-0.15, -0.1) is 0 Å². The molecule has 4 heterocycles. The monoisotopic (exact) mass is 905 g/mol. The maximum absolute atomic E-state index is 15.2. The van der Waals surface area contributed by atoms with Crippen LogP contribution in [0.15, 0.2) is 0 Å². The minimum absolute atomic E-state index is 0.00382. The lowest BCUT2D eigenvalue weighted by molar-refractivity contribution is -0.125. The van der Waals surface area contributed by atoms with Crippen molar-refractivity contribution in [3.05, 3.63) is 23.3 Å². The Hall–Kier alpha value is -5.38. The number of hydrogen-bond donors (Lipinski definition) is 10. The molecule has 2 aliphatic heterocycles. The summed E-state index contributed by atoms with van der Waals surface area (Å²) in [5, 5.41) is 41.0. The number of aliphatic hydroxyl groups is 2. The molecular formula is C42H66F2N12O8. The highest BCUT2D eigenvalue weighted by Crippen LogP contribution is 2.34. The molecule has 2 aromatic rings. The lowest BCUT2D eigenvalue weighted by Crippen LogP contribution is -2.42. The molecule has 4 atom stereocenters. The molecule has 64 heavy (non-hydrogen) atoms. The van der Waals surface area contributed by atoms with Crippen molar-refractivity contribution in [2.24, 2.45) is 23.7 Å². The van der Waals surface area contributed by atoms with Gasteiger partial charge in [-0.05, 0) is 77.0 Å². The first-order chi connectivity index (χ1) is 30.8. The van der Waals surface area contributed by atoms with E-state index in [0.717, 1.165) is 77.0 Å². The van der Waals surface area contributed by atoms with Crippen LogP contribution in [0.1, 0.15) is 114 Å². The van der Waals surface area contributed by atoms with Crippen LogP contribution in [0.3, 0.4) is 0 Å². The van der Waals surface area contributed by atoms with E-state index >= 15 is 8.78 Å². The Bertz CT molecular complexity index is 1740. The SMILES string of the molecule is Cc1nc(NNC(=O)[C@@H](CNC(=O)O)CC2CCCC2)c(F)c(N2CCC[C@H]2CCO)n1.Cc1nc(NNC(=O)[C@@H](CNC(=O)O)CC2CCCC2)c(F)c(N2CCC[C@H]2CCO)n1. The third-order valence-electron chi connectivity index (χ3n) is 12.6.